The molecule has 3 nitrogen and oxygen atoms in total. The maximum absolute atomic E-state index is 11.9. The largest absolute Gasteiger partial charge is 0.481 e. The molecule has 2 aliphatic carbocycles. The molecule has 0 aromatic rings. The maximum Gasteiger partial charge on any atom is 0.309 e. The van der Waals surface area contributed by atoms with Crippen LogP contribution >= 0.6 is 0 Å². The number of carboxylic acids is 1. The molecule has 2 fully saturated rings. The van der Waals surface area contributed by atoms with E-state index in [1.54, 1.807) is 25.7 Å². The van der Waals surface area contributed by atoms with Gasteiger partial charge in [-0.1, -0.05) is 444 Å². The monoisotopic (exact) mass is 1170 g/mol. The van der Waals surface area contributed by atoms with Gasteiger partial charge in [0.2, 0.25) is 0 Å². The van der Waals surface area contributed by atoms with Gasteiger partial charge in [0.05, 0.1) is 12.0 Å². The van der Waals surface area contributed by atoms with Gasteiger partial charge in [-0.2, -0.15) is 0 Å². The van der Waals surface area contributed by atoms with Crippen LogP contribution in [0.1, 0.15) is 470 Å². The summed E-state index contributed by atoms with van der Waals surface area (Å²) in [5.74, 6) is 3.05. The van der Waals surface area contributed by atoms with Crippen molar-refractivity contribution in [3.63, 3.8) is 0 Å². The molecule has 6 unspecified atom stereocenters. The minimum absolute atomic E-state index is 0.580. The molecule has 0 spiro atoms. The van der Waals surface area contributed by atoms with Crippen LogP contribution in [0, 0.1) is 29.6 Å². The number of aliphatic carboxylic acids is 1. The van der Waals surface area contributed by atoms with Gasteiger partial charge in [0, 0.05) is 0 Å². The molecule has 0 amide bonds. The summed E-state index contributed by atoms with van der Waals surface area (Å²) in [6, 6.07) is 0. The number of rotatable bonds is 73. The Labute approximate surface area is 523 Å². The number of hydrogen-bond acceptors (Lipinski definition) is 2. The highest BCUT2D eigenvalue weighted by Crippen LogP contribution is 2.47. The summed E-state index contributed by atoms with van der Waals surface area (Å²) in [7, 11) is 0. The van der Waals surface area contributed by atoms with Crippen LogP contribution < -0.4 is 0 Å². The Morgan fingerprint density at radius 3 is 0.590 bits per heavy atom. The minimum atomic E-state index is -0.797. The first kappa shape index (κ1) is 78.5. The summed E-state index contributed by atoms with van der Waals surface area (Å²) in [6.07, 6.45) is 99.0. The van der Waals surface area contributed by atoms with E-state index in [2.05, 4.69) is 13.8 Å². The maximum atomic E-state index is 11.9. The topological polar surface area (TPSA) is 57.5 Å². The molecule has 2 N–H and O–H groups in total. The van der Waals surface area contributed by atoms with E-state index in [1.165, 1.54) is 392 Å². The molecule has 2 aliphatic rings. The zero-order chi connectivity index (χ0) is 59.2. The lowest BCUT2D eigenvalue weighted by Crippen LogP contribution is -2.28. The fraction of sp³-hybridized carbons (Fsp3) is 0.988. The highest BCUT2D eigenvalue weighted by Gasteiger charge is 2.36. The Morgan fingerprint density at radius 1 is 0.253 bits per heavy atom. The van der Waals surface area contributed by atoms with Gasteiger partial charge in [-0.15, -0.1) is 0 Å². The first-order valence-corrected chi connectivity index (χ1v) is 40.0. The van der Waals surface area contributed by atoms with Gasteiger partial charge < -0.3 is 10.2 Å². The molecule has 0 saturated heterocycles. The van der Waals surface area contributed by atoms with Crippen molar-refractivity contribution in [2.24, 2.45) is 29.6 Å². The molecule has 0 radical (unpaired) electrons. The fourth-order valence-corrected chi connectivity index (χ4v) is 14.9. The second-order valence-corrected chi connectivity index (χ2v) is 29.3. The third-order valence-electron chi connectivity index (χ3n) is 21.2. The highest BCUT2D eigenvalue weighted by atomic mass is 16.4. The van der Waals surface area contributed by atoms with Gasteiger partial charge in [0.25, 0.3) is 0 Å². The lowest BCUT2D eigenvalue weighted by atomic mass is 9.91. The third kappa shape index (κ3) is 55.2. The zero-order valence-electron chi connectivity index (χ0n) is 57.5. The van der Waals surface area contributed by atoms with Crippen LogP contribution in [-0.2, 0) is 4.79 Å². The predicted molar refractivity (Wildman–Crippen MR) is 370 cm³/mol. The molecule has 0 aromatic heterocycles. The van der Waals surface area contributed by atoms with Crippen LogP contribution in [0.15, 0.2) is 0 Å². The zero-order valence-corrected chi connectivity index (χ0v) is 57.5. The summed E-state index contributed by atoms with van der Waals surface area (Å²) >= 11 is 0. The molecule has 2 rings (SSSR count). The van der Waals surface area contributed by atoms with Crippen LogP contribution in [-0.4, -0.2) is 22.3 Å². The van der Waals surface area contributed by atoms with E-state index in [1.807, 2.05) is 0 Å². The van der Waals surface area contributed by atoms with Crippen molar-refractivity contribution in [2.75, 3.05) is 0 Å². The fourth-order valence-electron chi connectivity index (χ4n) is 14.9. The molecule has 3 heteroatoms. The molecule has 0 bridgehead atoms. The second-order valence-electron chi connectivity index (χ2n) is 29.3. The standard InChI is InChI=1S/C80H156O3/c1-3-5-7-9-11-13-15-17-19-21-22-23-24-28-32-40-46-52-58-64-70-78(80(82)83)79(81)71-65-59-53-47-41-33-29-25-27-31-37-43-49-55-61-67-75-73-77(75)69-63-57-51-45-39-35-34-38-44-50-56-62-68-76-72-74(76)66-60-54-48-42-36-30-26-20-18-16-14-12-10-8-6-4-2/h74-79,81H,3-73H2,1-2H3,(H,82,83). The quantitative estimate of drug-likeness (QED) is 0.0597. The molecule has 0 heterocycles. The molecular weight excluding hydrogens is 1010 g/mol. The van der Waals surface area contributed by atoms with Crippen LogP contribution in [0.2, 0.25) is 0 Å². The van der Waals surface area contributed by atoms with E-state index < -0.39 is 18.0 Å². The Hall–Kier alpha value is -0.570. The van der Waals surface area contributed by atoms with Crippen molar-refractivity contribution in [1.82, 2.24) is 0 Å². The summed E-state index contributed by atoms with van der Waals surface area (Å²) in [6.45, 7) is 4.61. The lowest BCUT2D eigenvalue weighted by molar-refractivity contribution is -0.146. The van der Waals surface area contributed by atoms with E-state index in [0.29, 0.717) is 12.8 Å². The smallest absolute Gasteiger partial charge is 0.309 e. The van der Waals surface area contributed by atoms with Crippen LogP contribution in [0.5, 0.6) is 0 Å². The number of aliphatic hydroxyl groups is 1. The van der Waals surface area contributed by atoms with Gasteiger partial charge in [-0.25, -0.2) is 0 Å². The Morgan fingerprint density at radius 2 is 0.410 bits per heavy atom. The summed E-state index contributed by atoms with van der Waals surface area (Å²) in [5, 5.41) is 20.5. The lowest BCUT2D eigenvalue weighted by Gasteiger charge is -2.19. The van der Waals surface area contributed by atoms with E-state index in [0.717, 1.165) is 49.4 Å². The Kier molecular flexibility index (Phi) is 59.6. The van der Waals surface area contributed by atoms with Gasteiger partial charge in [0.1, 0.15) is 0 Å². The number of aliphatic hydroxyl groups excluding tert-OH is 1. The molecule has 0 aliphatic heterocycles. The number of unbranched alkanes of at least 4 members (excludes halogenated alkanes) is 59. The average Bonchev–Trinajstić information content (AvgIpc) is 4.56. The van der Waals surface area contributed by atoms with Crippen LogP contribution in [0.25, 0.3) is 0 Å². The van der Waals surface area contributed by atoms with Crippen molar-refractivity contribution in [2.45, 2.75) is 476 Å². The number of hydrogen-bond donors (Lipinski definition) is 2. The predicted octanol–water partition coefficient (Wildman–Crippen LogP) is 28.3. The van der Waals surface area contributed by atoms with Crippen molar-refractivity contribution in [1.29, 1.82) is 0 Å². The van der Waals surface area contributed by atoms with E-state index in [4.69, 9.17) is 0 Å². The van der Waals surface area contributed by atoms with E-state index >= 15 is 0 Å². The normalized spacial score (nSPS) is 17.4. The van der Waals surface area contributed by atoms with Crippen molar-refractivity contribution < 1.29 is 15.0 Å². The van der Waals surface area contributed by atoms with Gasteiger partial charge >= 0.3 is 5.97 Å². The molecule has 0 aromatic carbocycles. The summed E-state index contributed by atoms with van der Waals surface area (Å²) in [5.41, 5.74) is 0. The SMILES string of the molecule is CCCCCCCCCCCCCCCCCCCCCCC(C(=O)O)C(O)CCCCCCCCCCCCCCCCCC1CC1CCCCCCCCCCCCCCC1CC1CCCCCCCCCCCCCCCCCC. The first-order chi connectivity index (χ1) is 41.1. The summed E-state index contributed by atoms with van der Waals surface area (Å²) < 4.78 is 0. The van der Waals surface area contributed by atoms with E-state index in [-0.39, 0.29) is 0 Å². The van der Waals surface area contributed by atoms with Crippen molar-refractivity contribution in [3.8, 4) is 0 Å². The van der Waals surface area contributed by atoms with Gasteiger partial charge in [-0.05, 0) is 49.4 Å². The minimum Gasteiger partial charge on any atom is -0.481 e. The first-order valence-electron chi connectivity index (χ1n) is 40.0. The van der Waals surface area contributed by atoms with Crippen LogP contribution in [0.3, 0.4) is 0 Å². The van der Waals surface area contributed by atoms with Gasteiger partial charge in [-0.3, -0.25) is 4.79 Å². The second kappa shape index (κ2) is 63.0. The Bertz CT molecular complexity index is 1260. The van der Waals surface area contributed by atoms with Crippen molar-refractivity contribution >= 4 is 5.97 Å². The molecule has 494 valence electrons. The van der Waals surface area contributed by atoms with Gasteiger partial charge in [0.15, 0.2) is 0 Å². The van der Waals surface area contributed by atoms with Crippen LogP contribution in [0.4, 0.5) is 0 Å². The number of carbonyl (C=O) groups is 1. The molecule has 6 atom stereocenters. The number of carboxylic acid groups (broad SMARTS) is 1. The molecule has 2 saturated carbocycles. The molecular formula is C80H156O3. The van der Waals surface area contributed by atoms with Crippen molar-refractivity contribution in [3.05, 3.63) is 0 Å². The third-order valence-corrected chi connectivity index (χ3v) is 21.2. The van der Waals surface area contributed by atoms with E-state index in [9.17, 15) is 15.0 Å². The summed E-state index contributed by atoms with van der Waals surface area (Å²) in [4.78, 5) is 11.9. The Balaban J connectivity index is 1.18. The average molecular weight is 1170 g/mol. The molecule has 83 heavy (non-hydrogen) atoms. The highest BCUT2D eigenvalue weighted by molar-refractivity contribution is 5.70.